The van der Waals surface area contributed by atoms with Crippen LogP contribution < -0.4 is 16.8 Å². The van der Waals surface area contributed by atoms with Gasteiger partial charge in [-0.05, 0) is 36.4 Å². The Morgan fingerprint density at radius 1 is 0.952 bits per heavy atom. The van der Waals surface area contributed by atoms with E-state index in [4.69, 9.17) is 16.6 Å². The van der Waals surface area contributed by atoms with Gasteiger partial charge in [0.15, 0.2) is 0 Å². The first-order valence-corrected chi connectivity index (χ1v) is 5.91. The van der Waals surface area contributed by atoms with Crippen molar-refractivity contribution in [2.45, 2.75) is 0 Å². The van der Waals surface area contributed by atoms with Gasteiger partial charge in [0.25, 0.3) is 5.91 Å². The van der Waals surface area contributed by atoms with Crippen LogP contribution in [-0.4, -0.2) is 22.1 Å². The minimum Gasteiger partial charge on any atom is -0.507 e. The summed E-state index contributed by atoms with van der Waals surface area (Å²) in [5.74, 6) is -2.16. The number of aromatic hydroxyl groups is 1. The van der Waals surface area contributed by atoms with Crippen LogP contribution in [-0.2, 0) is 0 Å². The van der Waals surface area contributed by atoms with E-state index >= 15 is 0 Å². The van der Waals surface area contributed by atoms with Crippen LogP contribution in [0.15, 0.2) is 36.4 Å². The van der Waals surface area contributed by atoms with E-state index in [0.29, 0.717) is 5.69 Å². The second kappa shape index (κ2) is 5.41. The highest BCUT2D eigenvalue weighted by molar-refractivity contribution is 6.09. The van der Waals surface area contributed by atoms with E-state index in [9.17, 15) is 14.7 Å². The number of aromatic carboxylic acids is 1. The number of anilines is 3. The van der Waals surface area contributed by atoms with Gasteiger partial charge >= 0.3 is 5.97 Å². The van der Waals surface area contributed by atoms with E-state index in [0.717, 1.165) is 0 Å². The molecule has 0 fully saturated rings. The highest BCUT2D eigenvalue weighted by Gasteiger charge is 2.16. The standard InChI is InChI=1S/C14H13N3O4/c15-7-1-3-11(9(5-7)14(20)21)17-13(19)10-6-8(16)2-4-12(10)18/h1-6,18H,15-16H2,(H,17,19)(H,20,21). The van der Waals surface area contributed by atoms with Gasteiger partial charge in [-0.25, -0.2) is 4.79 Å². The lowest BCUT2D eigenvalue weighted by Gasteiger charge is -2.10. The number of nitrogen functional groups attached to an aromatic ring is 2. The first-order valence-electron chi connectivity index (χ1n) is 5.91. The molecular formula is C14H13N3O4. The van der Waals surface area contributed by atoms with Crippen LogP contribution in [0.2, 0.25) is 0 Å². The van der Waals surface area contributed by atoms with Crippen LogP contribution in [0, 0.1) is 0 Å². The summed E-state index contributed by atoms with van der Waals surface area (Å²) in [5, 5.41) is 21.2. The molecule has 0 atom stereocenters. The first kappa shape index (κ1) is 14.2. The number of carboxylic acid groups (broad SMARTS) is 1. The molecule has 21 heavy (non-hydrogen) atoms. The summed E-state index contributed by atoms with van der Waals surface area (Å²) in [4.78, 5) is 23.2. The van der Waals surface area contributed by atoms with Gasteiger partial charge in [-0.2, -0.15) is 0 Å². The van der Waals surface area contributed by atoms with Crippen molar-refractivity contribution in [2.24, 2.45) is 0 Å². The smallest absolute Gasteiger partial charge is 0.337 e. The van der Waals surface area contributed by atoms with Gasteiger partial charge in [-0.15, -0.1) is 0 Å². The van der Waals surface area contributed by atoms with E-state index in [2.05, 4.69) is 5.32 Å². The van der Waals surface area contributed by atoms with Crippen LogP contribution in [0.3, 0.4) is 0 Å². The Morgan fingerprint density at radius 3 is 2.14 bits per heavy atom. The molecule has 108 valence electrons. The Kier molecular flexibility index (Phi) is 3.66. The first-order chi connectivity index (χ1) is 9.88. The number of hydrogen-bond acceptors (Lipinski definition) is 5. The fourth-order valence-electron chi connectivity index (χ4n) is 1.77. The van der Waals surface area contributed by atoms with Crippen molar-refractivity contribution in [2.75, 3.05) is 16.8 Å². The van der Waals surface area contributed by atoms with Crippen molar-refractivity contribution in [3.8, 4) is 5.75 Å². The molecular weight excluding hydrogens is 274 g/mol. The third kappa shape index (κ3) is 3.03. The normalized spacial score (nSPS) is 10.1. The van der Waals surface area contributed by atoms with Gasteiger partial charge in [0.05, 0.1) is 16.8 Å². The molecule has 0 radical (unpaired) electrons. The average Bonchev–Trinajstić information content (AvgIpc) is 2.43. The van der Waals surface area contributed by atoms with Gasteiger partial charge in [-0.1, -0.05) is 0 Å². The lowest BCUT2D eigenvalue weighted by molar-refractivity contribution is 0.0698. The molecule has 0 unspecified atom stereocenters. The molecule has 7 nitrogen and oxygen atoms in total. The highest BCUT2D eigenvalue weighted by Crippen LogP contribution is 2.23. The number of rotatable bonds is 3. The number of phenols is 1. The van der Waals surface area contributed by atoms with Gasteiger partial charge in [0, 0.05) is 11.4 Å². The average molecular weight is 287 g/mol. The van der Waals surface area contributed by atoms with E-state index in [1.54, 1.807) is 0 Å². The van der Waals surface area contributed by atoms with Crippen molar-refractivity contribution >= 4 is 28.9 Å². The monoisotopic (exact) mass is 287 g/mol. The van der Waals surface area contributed by atoms with Crippen molar-refractivity contribution in [3.05, 3.63) is 47.5 Å². The predicted octanol–water partition coefficient (Wildman–Crippen LogP) is 1.51. The number of nitrogens with two attached hydrogens (primary N) is 2. The third-order valence-electron chi connectivity index (χ3n) is 2.79. The van der Waals surface area contributed by atoms with Crippen molar-refractivity contribution in [1.29, 1.82) is 0 Å². The zero-order valence-corrected chi connectivity index (χ0v) is 10.8. The lowest BCUT2D eigenvalue weighted by atomic mass is 10.1. The topological polar surface area (TPSA) is 139 Å². The maximum atomic E-state index is 12.1. The second-order valence-electron chi connectivity index (χ2n) is 4.34. The zero-order valence-electron chi connectivity index (χ0n) is 10.8. The van der Waals surface area contributed by atoms with Gasteiger partial charge in [-0.3, -0.25) is 4.79 Å². The fraction of sp³-hybridized carbons (Fsp3) is 0. The Morgan fingerprint density at radius 2 is 1.52 bits per heavy atom. The molecule has 0 saturated heterocycles. The van der Waals surface area contributed by atoms with Crippen molar-refractivity contribution < 1.29 is 19.8 Å². The molecule has 2 aromatic carbocycles. The molecule has 2 rings (SSSR count). The molecule has 2 aromatic rings. The van der Waals surface area contributed by atoms with Crippen LogP contribution in [0.4, 0.5) is 17.1 Å². The summed E-state index contributed by atoms with van der Waals surface area (Å²) in [6.07, 6.45) is 0. The van der Waals surface area contributed by atoms with E-state index < -0.39 is 11.9 Å². The molecule has 0 bridgehead atoms. The van der Waals surface area contributed by atoms with Crippen LogP contribution >= 0.6 is 0 Å². The summed E-state index contributed by atoms with van der Waals surface area (Å²) < 4.78 is 0. The number of phenolic OH excluding ortho intramolecular Hbond substituents is 1. The fourth-order valence-corrected chi connectivity index (χ4v) is 1.77. The summed E-state index contributed by atoms with van der Waals surface area (Å²) in [7, 11) is 0. The molecule has 0 aliphatic rings. The summed E-state index contributed by atoms with van der Waals surface area (Å²) in [6, 6.07) is 8.09. The number of nitrogens with one attached hydrogen (secondary N) is 1. The minimum absolute atomic E-state index is 0.0526. The lowest BCUT2D eigenvalue weighted by Crippen LogP contribution is -2.15. The molecule has 0 aliphatic carbocycles. The van der Waals surface area contributed by atoms with Crippen molar-refractivity contribution in [3.63, 3.8) is 0 Å². The molecule has 0 spiro atoms. The third-order valence-corrected chi connectivity index (χ3v) is 2.79. The van der Waals surface area contributed by atoms with Gasteiger partial charge in [0.2, 0.25) is 0 Å². The number of carbonyl (C=O) groups is 2. The Balaban J connectivity index is 2.36. The molecule has 7 N–H and O–H groups in total. The highest BCUT2D eigenvalue weighted by atomic mass is 16.4. The Bertz CT molecular complexity index is 728. The Labute approximate surface area is 119 Å². The van der Waals surface area contributed by atoms with Crippen LogP contribution in [0.5, 0.6) is 5.75 Å². The number of hydrogen-bond donors (Lipinski definition) is 5. The van der Waals surface area contributed by atoms with E-state index in [-0.39, 0.29) is 28.3 Å². The van der Waals surface area contributed by atoms with E-state index in [1.807, 2.05) is 0 Å². The summed E-state index contributed by atoms with van der Waals surface area (Å²) in [6.45, 7) is 0. The molecule has 0 aliphatic heterocycles. The quantitative estimate of drug-likeness (QED) is 0.428. The maximum absolute atomic E-state index is 12.1. The molecule has 0 aromatic heterocycles. The number of amides is 1. The predicted molar refractivity (Wildman–Crippen MR) is 78.3 cm³/mol. The van der Waals surface area contributed by atoms with Crippen LogP contribution in [0.1, 0.15) is 20.7 Å². The summed E-state index contributed by atoms with van der Waals surface area (Å²) >= 11 is 0. The molecule has 1 amide bonds. The summed E-state index contributed by atoms with van der Waals surface area (Å²) in [5.41, 5.74) is 11.5. The Hall–Kier alpha value is -3.22. The zero-order chi connectivity index (χ0) is 15.6. The van der Waals surface area contributed by atoms with Crippen LogP contribution in [0.25, 0.3) is 0 Å². The largest absolute Gasteiger partial charge is 0.507 e. The van der Waals surface area contributed by atoms with E-state index in [1.165, 1.54) is 36.4 Å². The van der Waals surface area contributed by atoms with Gasteiger partial charge < -0.3 is 27.0 Å². The number of carbonyl (C=O) groups excluding carboxylic acids is 1. The molecule has 0 saturated carbocycles. The molecule has 0 heterocycles. The SMILES string of the molecule is Nc1ccc(O)c(C(=O)Nc2ccc(N)cc2C(=O)O)c1. The van der Waals surface area contributed by atoms with Crippen molar-refractivity contribution in [1.82, 2.24) is 0 Å². The maximum Gasteiger partial charge on any atom is 0.337 e. The minimum atomic E-state index is -1.23. The number of benzene rings is 2. The molecule has 7 heteroatoms. The number of carboxylic acids is 1. The van der Waals surface area contributed by atoms with Gasteiger partial charge in [0.1, 0.15) is 5.75 Å². The second-order valence-corrected chi connectivity index (χ2v) is 4.34.